The highest BCUT2D eigenvalue weighted by Crippen LogP contribution is 2.47. The minimum atomic E-state index is -0.367. The molecule has 0 unspecified atom stereocenters. The number of aromatic nitrogens is 3. The van der Waals surface area contributed by atoms with E-state index in [4.69, 9.17) is 5.73 Å². The Balaban J connectivity index is 1.52. The van der Waals surface area contributed by atoms with E-state index in [9.17, 15) is 9.18 Å². The maximum absolute atomic E-state index is 14.4. The molecule has 0 radical (unpaired) electrons. The third-order valence-corrected chi connectivity index (χ3v) is 5.92. The zero-order valence-corrected chi connectivity index (χ0v) is 17.7. The van der Waals surface area contributed by atoms with Gasteiger partial charge in [0.25, 0.3) is 0 Å². The van der Waals surface area contributed by atoms with Gasteiger partial charge < -0.3 is 11.1 Å². The number of carbonyl (C=O) groups is 1. The summed E-state index contributed by atoms with van der Waals surface area (Å²) >= 11 is 0. The van der Waals surface area contributed by atoms with Crippen molar-refractivity contribution in [2.45, 2.75) is 38.5 Å². The summed E-state index contributed by atoms with van der Waals surface area (Å²) in [6.45, 7) is 4.61. The first kappa shape index (κ1) is 20.9. The van der Waals surface area contributed by atoms with Crippen molar-refractivity contribution in [3.05, 3.63) is 71.6 Å². The summed E-state index contributed by atoms with van der Waals surface area (Å²) in [4.78, 5) is 24.6. The average Bonchev–Trinajstić information content (AvgIpc) is 2.70. The van der Waals surface area contributed by atoms with Crippen LogP contribution in [-0.2, 0) is 16.6 Å². The van der Waals surface area contributed by atoms with Gasteiger partial charge in [0.05, 0.1) is 17.8 Å². The smallest absolute Gasteiger partial charge is 0.222 e. The number of nitrogens with two attached hydrogens (primary N) is 1. The lowest BCUT2D eigenvalue weighted by Gasteiger charge is -2.46. The highest BCUT2D eigenvalue weighted by atomic mass is 19.1. The molecule has 0 saturated heterocycles. The van der Waals surface area contributed by atoms with Gasteiger partial charge in [-0.3, -0.25) is 9.78 Å². The molecule has 3 aromatic rings. The van der Waals surface area contributed by atoms with Gasteiger partial charge in [0.1, 0.15) is 5.82 Å². The van der Waals surface area contributed by atoms with Crippen LogP contribution in [0.4, 0.5) is 10.3 Å². The molecule has 1 aliphatic carbocycles. The Hall–Kier alpha value is -3.35. The molecule has 1 aliphatic rings. The lowest BCUT2D eigenvalue weighted by molar-refractivity contribution is -0.117. The number of halogens is 1. The van der Waals surface area contributed by atoms with Gasteiger partial charge in [-0.15, -0.1) is 0 Å². The number of hydrogen-bond acceptors (Lipinski definition) is 5. The first-order valence-electron chi connectivity index (χ1n) is 10.4. The minimum absolute atomic E-state index is 0.192. The maximum atomic E-state index is 14.4. The van der Waals surface area contributed by atoms with Gasteiger partial charge in [0.2, 0.25) is 11.9 Å². The number of aryl methyl sites for hydroxylation is 1. The topological polar surface area (TPSA) is 93.8 Å². The van der Waals surface area contributed by atoms with Crippen LogP contribution in [0.25, 0.3) is 11.1 Å². The molecular weight excluding hydrogens is 393 g/mol. The van der Waals surface area contributed by atoms with Gasteiger partial charge in [-0.25, -0.2) is 14.4 Å². The molecule has 1 aromatic carbocycles. The van der Waals surface area contributed by atoms with Crippen LogP contribution in [-0.4, -0.2) is 27.4 Å². The van der Waals surface area contributed by atoms with Crippen molar-refractivity contribution in [1.82, 2.24) is 15.0 Å². The van der Waals surface area contributed by atoms with E-state index in [1.807, 2.05) is 31.2 Å². The molecule has 160 valence electrons. The molecule has 3 N–H and O–H groups in total. The fourth-order valence-corrected chi connectivity index (χ4v) is 4.61. The summed E-state index contributed by atoms with van der Waals surface area (Å²) in [6.07, 6.45) is 5.35. The van der Waals surface area contributed by atoms with E-state index in [1.54, 1.807) is 18.5 Å². The molecule has 4 rings (SSSR count). The SMILES string of the molecule is Cc1nc(NCC2(c3ncccc3F)CC(C)C2)ncc1-c1cccc(CC(N)=O)c1. The Morgan fingerprint density at radius 1 is 1.26 bits per heavy atom. The van der Waals surface area contributed by atoms with E-state index in [0.717, 1.165) is 35.2 Å². The summed E-state index contributed by atoms with van der Waals surface area (Å²) in [5.74, 6) is 0.401. The number of primary amides is 1. The second-order valence-corrected chi connectivity index (χ2v) is 8.52. The predicted octanol–water partition coefficient (Wildman–Crippen LogP) is 3.79. The van der Waals surface area contributed by atoms with Crippen molar-refractivity contribution < 1.29 is 9.18 Å². The first-order valence-corrected chi connectivity index (χ1v) is 10.4. The third-order valence-electron chi connectivity index (χ3n) is 5.92. The van der Waals surface area contributed by atoms with Crippen LogP contribution in [0.1, 0.15) is 36.7 Å². The highest BCUT2D eigenvalue weighted by Gasteiger charge is 2.46. The van der Waals surface area contributed by atoms with E-state index in [1.165, 1.54) is 6.07 Å². The van der Waals surface area contributed by atoms with Crippen molar-refractivity contribution in [1.29, 1.82) is 0 Å². The number of carbonyl (C=O) groups excluding carboxylic acids is 1. The van der Waals surface area contributed by atoms with Crippen molar-refractivity contribution >= 4 is 11.9 Å². The van der Waals surface area contributed by atoms with Gasteiger partial charge in [-0.2, -0.15) is 0 Å². The molecule has 6 nitrogen and oxygen atoms in total. The number of anilines is 1. The Labute approximate surface area is 181 Å². The van der Waals surface area contributed by atoms with Gasteiger partial charge in [0, 0.05) is 29.9 Å². The summed E-state index contributed by atoms with van der Waals surface area (Å²) in [5.41, 5.74) is 8.97. The number of pyridine rings is 1. The van der Waals surface area contributed by atoms with E-state index in [-0.39, 0.29) is 23.6 Å². The normalized spacial score (nSPS) is 20.2. The number of rotatable bonds is 7. The van der Waals surface area contributed by atoms with E-state index in [0.29, 0.717) is 24.1 Å². The van der Waals surface area contributed by atoms with Crippen LogP contribution in [0.2, 0.25) is 0 Å². The molecule has 0 atom stereocenters. The number of hydrogen-bond donors (Lipinski definition) is 2. The number of nitrogens with zero attached hydrogens (tertiary/aromatic N) is 3. The zero-order chi connectivity index (χ0) is 22.0. The van der Waals surface area contributed by atoms with E-state index < -0.39 is 0 Å². The minimum Gasteiger partial charge on any atom is -0.369 e. The van der Waals surface area contributed by atoms with Gasteiger partial charge in [-0.1, -0.05) is 31.2 Å². The fraction of sp³-hybridized carbons (Fsp3) is 0.333. The van der Waals surface area contributed by atoms with Gasteiger partial charge in [-0.05, 0) is 48.9 Å². The van der Waals surface area contributed by atoms with E-state index >= 15 is 0 Å². The summed E-state index contributed by atoms with van der Waals surface area (Å²) in [5, 5.41) is 3.30. The number of amides is 1. The van der Waals surface area contributed by atoms with Crippen molar-refractivity contribution in [3.8, 4) is 11.1 Å². The lowest BCUT2D eigenvalue weighted by atomic mass is 9.60. The largest absolute Gasteiger partial charge is 0.369 e. The van der Waals surface area contributed by atoms with Gasteiger partial charge in [0.15, 0.2) is 0 Å². The standard InChI is InChI=1S/C24H26FN5O/c1-15-11-24(12-15,22-20(25)7-4-8-27-22)14-29-23-28-13-19(16(2)30-23)18-6-3-5-17(9-18)10-21(26)31/h3-9,13,15H,10-12,14H2,1-2H3,(H2,26,31)(H,28,29,30). The predicted molar refractivity (Wildman–Crippen MR) is 118 cm³/mol. The molecule has 2 aromatic heterocycles. The average molecular weight is 420 g/mol. The Kier molecular flexibility index (Phi) is 5.67. The van der Waals surface area contributed by atoms with Crippen LogP contribution in [0.15, 0.2) is 48.8 Å². The molecule has 7 heteroatoms. The summed E-state index contributed by atoms with van der Waals surface area (Å²) in [6, 6.07) is 10.7. The zero-order valence-electron chi connectivity index (χ0n) is 17.7. The molecule has 0 bridgehead atoms. The molecule has 1 saturated carbocycles. The maximum Gasteiger partial charge on any atom is 0.222 e. The highest BCUT2D eigenvalue weighted by molar-refractivity contribution is 5.77. The third kappa shape index (κ3) is 4.40. The monoisotopic (exact) mass is 419 g/mol. The van der Waals surface area contributed by atoms with Crippen LogP contribution in [0.5, 0.6) is 0 Å². The number of benzene rings is 1. The number of nitrogens with one attached hydrogen (secondary N) is 1. The van der Waals surface area contributed by atoms with Crippen molar-refractivity contribution in [3.63, 3.8) is 0 Å². The van der Waals surface area contributed by atoms with Crippen LogP contribution in [0, 0.1) is 18.7 Å². The molecular formula is C24H26FN5O. The fourth-order valence-electron chi connectivity index (χ4n) is 4.61. The van der Waals surface area contributed by atoms with Crippen LogP contribution < -0.4 is 11.1 Å². The molecule has 0 spiro atoms. The van der Waals surface area contributed by atoms with E-state index in [2.05, 4.69) is 27.2 Å². The van der Waals surface area contributed by atoms with Crippen LogP contribution in [0.3, 0.4) is 0 Å². The second kappa shape index (κ2) is 8.41. The lowest BCUT2D eigenvalue weighted by Crippen LogP contribution is -2.47. The quantitative estimate of drug-likeness (QED) is 0.608. The molecule has 1 amide bonds. The van der Waals surface area contributed by atoms with Gasteiger partial charge >= 0.3 is 0 Å². The molecule has 1 fully saturated rings. The van der Waals surface area contributed by atoms with Crippen LogP contribution >= 0.6 is 0 Å². The van der Waals surface area contributed by atoms with Crippen molar-refractivity contribution in [2.24, 2.45) is 11.7 Å². The Morgan fingerprint density at radius 2 is 2.06 bits per heavy atom. The van der Waals surface area contributed by atoms with Crippen molar-refractivity contribution in [2.75, 3.05) is 11.9 Å². The molecule has 31 heavy (non-hydrogen) atoms. The summed E-state index contributed by atoms with van der Waals surface area (Å²) in [7, 11) is 0. The second-order valence-electron chi connectivity index (χ2n) is 8.52. The Morgan fingerprint density at radius 3 is 2.74 bits per heavy atom. The molecule has 2 heterocycles. The Bertz CT molecular complexity index is 1110. The first-order chi connectivity index (χ1) is 14.9. The summed E-state index contributed by atoms with van der Waals surface area (Å²) < 4.78 is 14.4. The molecule has 0 aliphatic heterocycles.